The molecule has 1 aliphatic rings. The maximum Gasteiger partial charge on any atom is 0.252 e. The number of aliphatic hydroxyl groups is 2. The Labute approximate surface area is 102 Å². The summed E-state index contributed by atoms with van der Waals surface area (Å²) in [5, 5.41) is 18.8. The minimum Gasteiger partial charge on any atom is -0.394 e. The first-order valence-corrected chi connectivity index (χ1v) is 6.10. The van der Waals surface area contributed by atoms with E-state index in [0.29, 0.717) is 6.61 Å². The van der Waals surface area contributed by atoms with Gasteiger partial charge >= 0.3 is 0 Å². The van der Waals surface area contributed by atoms with Crippen LogP contribution in [0.5, 0.6) is 0 Å². The van der Waals surface area contributed by atoms with E-state index in [-0.39, 0.29) is 19.1 Å². The molecule has 0 aromatic rings. The van der Waals surface area contributed by atoms with Gasteiger partial charge in [-0.2, -0.15) is 0 Å². The lowest BCUT2D eigenvalue weighted by Crippen LogP contribution is -2.55. The lowest BCUT2D eigenvalue weighted by atomic mass is 10.0. The largest absolute Gasteiger partial charge is 0.394 e. The topological polar surface area (TPSA) is 70.0 Å². The van der Waals surface area contributed by atoms with E-state index in [9.17, 15) is 15.0 Å². The van der Waals surface area contributed by atoms with E-state index in [1.54, 1.807) is 20.8 Å². The van der Waals surface area contributed by atoms with Crippen LogP contribution >= 0.6 is 0 Å². The van der Waals surface area contributed by atoms with Crippen LogP contribution in [0.25, 0.3) is 0 Å². The number of amides is 1. The van der Waals surface area contributed by atoms with E-state index in [0.717, 1.165) is 12.8 Å². The molecule has 0 aromatic heterocycles. The first kappa shape index (κ1) is 14.4. The van der Waals surface area contributed by atoms with Gasteiger partial charge < -0.3 is 19.8 Å². The van der Waals surface area contributed by atoms with Crippen molar-refractivity contribution < 1.29 is 19.7 Å². The highest BCUT2D eigenvalue weighted by molar-refractivity contribution is 5.82. The summed E-state index contributed by atoms with van der Waals surface area (Å²) in [5.41, 5.74) is -0.681. The third-order valence-electron chi connectivity index (χ3n) is 3.04. The first-order chi connectivity index (χ1) is 7.88. The van der Waals surface area contributed by atoms with E-state index in [1.165, 1.54) is 4.90 Å². The van der Waals surface area contributed by atoms with Gasteiger partial charge in [0.15, 0.2) is 0 Å². The van der Waals surface area contributed by atoms with Gasteiger partial charge in [-0.1, -0.05) is 0 Å². The van der Waals surface area contributed by atoms with Crippen molar-refractivity contribution in [1.29, 1.82) is 0 Å². The van der Waals surface area contributed by atoms with E-state index >= 15 is 0 Å². The van der Waals surface area contributed by atoms with Crippen molar-refractivity contribution in [3.05, 3.63) is 0 Å². The third-order valence-corrected chi connectivity index (χ3v) is 3.04. The molecular weight excluding hydrogens is 222 g/mol. The number of carbonyl (C=O) groups is 1. The molecule has 100 valence electrons. The molecule has 1 saturated heterocycles. The number of β-amino-alcohol motifs (C(OH)–C–C–N with tert-alkyl or cyclic N) is 1. The molecule has 2 atom stereocenters. The van der Waals surface area contributed by atoms with E-state index in [4.69, 9.17) is 4.74 Å². The zero-order valence-corrected chi connectivity index (χ0v) is 10.8. The smallest absolute Gasteiger partial charge is 0.252 e. The van der Waals surface area contributed by atoms with Crippen LogP contribution in [0.1, 0.15) is 33.6 Å². The molecule has 5 heteroatoms. The van der Waals surface area contributed by atoms with Crippen molar-refractivity contribution >= 4 is 5.91 Å². The fraction of sp³-hybridized carbons (Fsp3) is 0.917. The molecular formula is C12H23NO4. The molecule has 0 aliphatic carbocycles. The fourth-order valence-corrected chi connectivity index (χ4v) is 1.93. The van der Waals surface area contributed by atoms with Gasteiger partial charge in [0.05, 0.1) is 18.2 Å². The van der Waals surface area contributed by atoms with Crippen molar-refractivity contribution in [3.8, 4) is 0 Å². The van der Waals surface area contributed by atoms with Crippen molar-refractivity contribution in [3.63, 3.8) is 0 Å². The zero-order valence-electron chi connectivity index (χ0n) is 10.8. The zero-order chi connectivity index (χ0) is 13.1. The van der Waals surface area contributed by atoms with Crippen LogP contribution in [-0.2, 0) is 9.53 Å². The van der Waals surface area contributed by atoms with Gasteiger partial charge in [0.1, 0.15) is 6.10 Å². The van der Waals surface area contributed by atoms with E-state index in [1.807, 2.05) is 0 Å². The normalized spacial score (nSPS) is 22.5. The Morgan fingerprint density at radius 2 is 2.24 bits per heavy atom. The summed E-state index contributed by atoms with van der Waals surface area (Å²) in [6.07, 6.45) is 0.570. The lowest BCUT2D eigenvalue weighted by Gasteiger charge is -2.39. The van der Waals surface area contributed by atoms with E-state index in [2.05, 4.69) is 0 Å². The molecule has 1 aliphatic heterocycles. The van der Waals surface area contributed by atoms with Gasteiger partial charge in [-0.3, -0.25) is 4.79 Å². The second-order valence-electron chi connectivity index (χ2n) is 5.27. The maximum absolute atomic E-state index is 12.3. The number of rotatable bonds is 5. The van der Waals surface area contributed by atoms with Crippen molar-refractivity contribution in [2.24, 2.45) is 0 Å². The number of carbonyl (C=O) groups excluding carboxylic acids is 1. The Morgan fingerprint density at radius 1 is 1.59 bits per heavy atom. The van der Waals surface area contributed by atoms with Crippen molar-refractivity contribution in [2.75, 3.05) is 19.8 Å². The molecule has 1 rings (SSSR count). The van der Waals surface area contributed by atoms with Gasteiger partial charge in [0.2, 0.25) is 0 Å². The summed E-state index contributed by atoms with van der Waals surface area (Å²) in [5.74, 6) is -0.137. The molecule has 0 saturated carbocycles. The summed E-state index contributed by atoms with van der Waals surface area (Å²) in [7, 11) is 0. The summed E-state index contributed by atoms with van der Waals surface area (Å²) >= 11 is 0. The monoisotopic (exact) mass is 245 g/mol. The molecule has 1 heterocycles. The van der Waals surface area contributed by atoms with Crippen LogP contribution in [-0.4, -0.2) is 58.5 Å². The molecule has 0 bridgehead atoms. The average Bonchev–Trinajstić information content (AvgIpc) is 2.78. The van der Waals surface area contributed by atoms with Crippen LogP contribution in [0.3, 0.4) is 0 Å². The SMILES string of the molecule is CC(O)CN(C(=O)C1CCCO1)C(C)(C)CO. The molecule has 1 fully saturated rings. The molecule has 2 N–H and O–H groups in total. The molecule has 5 nitrogen and oxygen atoms in total. The van der Waals surface area contributed by atoms with Crippen LogP contribution in [0.15, 0.2) is 0 Å². The number of hydrogen-bond acceptors (Lipinski definition) is 4. The highest BCUT2D eigenvalue weighted by Gasteiger charge is 2.36. The van der Waals surface area contributed by atoms with Crippen molar-refractivity contribution in [2.45, 2.75) is 51.4 Å². The number of hydrogen-bond donors (Lipinski definition) is 2. The van der Waals surface area contributed by atoms with Crippen LogP contribution in [0, 0.1) is 0 Å². The molecule has 17 heavy (non-hydrogen) atoms. The second-order valence-corrected chi connectivity index (χ2v) is 5.27. The molecule has 0 radical (unpaired) electrons. The molecule has 0 aromatic carbocycles. The lowest BCUT2D eigenvalue weighted by molar-refractivity contribution is -0.150. The summed E-state index contributed by atoms with van der Waals surface area (Å²) in [6, 6.07) is 0. The number of nitrogens with zero attached hydrogens (tertiary/aromatic N) is 1. The third kappa shape index (κ3) is 3.66. The highest BCUT2D eigenvalue weighted by Crippen LogP contribution is 2.21. The van der Waals surface area contributed by atoms with Crippen molar-refractivity contribution in [1.82, 2.24) is 4.90 Å². The average molecular weight is 245 g/mol. The number of aliphatic hydroxyl groups excluding tert-OH is 2. The number of ether oxygens (including phenoxy) is 1. The minimum atomic E-state index is -0.681. The molecule has 2 unspecified atom stereocenters. The second kappa shape index (κ2) is 5.80. The fourth-order valence-electron chi connectivity index (χ4n) is 1.93. The summed E-state index contributed by atoms with van der Waals surface area (Å²) in [4.78, 5) is 13.8. The van der Waals surface area contributed by atoms with Gasteiger partial charge in [-0.05, 0) is 33.6 Å². The minimum absolute atomic E-state index is 0.137. The van der Waals surface area contributed by atoms with Gasteiger partial charge in [0.25, 0.3) is 5.91 Å². The van der Waals surface area contributed by atoms with Crippen LogP contribution in [0.4, 0.5) is 0 Å². The van der Waals surface area contributed by atoms with Gasteiger partial charge in [-0.15, -0.1) is 0 Å². The summed E-state index contributed by atoms with van der Waals surface area (Å²) < 4.78 is 5.36. The van der Waals surface area contributed by atoms with Gasteiger partial charge in [-0.25, -0.2) is 0 Å². The Balaban J connectivity index is 2.77. The quantitative estimate of drug-likeness (QED) is 0.723. The Hall–Kier alpha value is -0.650. The maximum atomic E-state index is 12.3. The van der Waals surface area contributed by atoms with Crippen LogP contribution in [0.2, 0.25) is 0 Å². The van der Waals surface area contributed by atoms with Gasteiger partial charge in [0, 0.05) is 13.2 Å². The Kier molecular flexibility index (Phi) is 4.91. The predicted octanol–water partition coefficient (Wildman–Crippen LogP) is 0.146. The summed E-state index contributed by atoms with van der Waals surface area (Å²) in [6.45, 7) is 5.87. The predicted molar refractivity (Wildman–Crippen MR) is 63.5 cm³/mol. The Morgan fingerprint density at radius 3 is 2.65 bits per heavy atom. The highest BCUT2D eigenvalue weighted by atomic mass is 16.5. The van der Waals surface area contributed by atoms with E-state index < -0.39 is 17.7 Å². The molecule has 1 amide bonds. The standard InChI is InChI=1S/C12H23NO4/c1-9(15)7-13(12(2,3)8-14)11(16)10-5-4-6-17-10/h9-10,14-15H,4-8H2,1-3H3. The van der Waals surface area contributed by atoms with Crippen LogP contribution < -0.4 is 0 Å². The first-order valence-electron chi connectivity index (χ1n) is 6.10. The Bertz CT molecular complexity index is 259. The molecule has 0 spiro atoms.